The van der Waals surface area contributed by atoms with Crippen molar-refractivity contribution in [3.8, 4) is 22.5 Å². The molecule has 0 aliphatic heterocycles. The van der Waals surface area contributed by atoms with Crippen molar-refractivity contribution in [3.05, 3.63) is 70.7 Å². The molecule has 10 heteroatoms. The maximum Gasteiger partial charge on any atom is 0.328 e. The molecule has 1 aliphatic rings. The van der Waals surface area contributed by atoms with Crippen LogP contribution in [-0.4, -0.2) is 45.8 Å². The number of hydrogen-bond donors (Lipinski definition) is 2. The third-order valence-electron chi connectivity index (χ3n) is 8.00. The molecule has 2 N–H and O–H groups in total. The second-order valence-corrected chi connectivity index (χ2v) is 10.7. The molecule has 0 amide bonds. The van der Waals surface area contributed by atoms with Gasteiger partial charge in [0.25, 0.3) is 0 Å². The van der Waals surface area contributed by atoms with Crippen LogP contribution in [-0.2, 0) is 17.8 Å². The van der Waals surface area contributed by atoms with E-state index in [-0.39, 0.29) is 17.6 Å². The fraction of sp³-hybridized carbons (Fsp3) is 0.448. The van der Waals surface area contributed by atoms with Gasteiger partial charge in [-0.25, -0.2) is 4.79 Å². The van der Waals surface area contributed by atoms with E-state index < -0.39 is 11.9 Å². The summed E-state index contributed by atoms with van der Waals surface area (Å²) in [6.45, 7) is 6.68. The molecule has 3 aromatic heterocycles. The van der Waals surface area contributed by atoms with Crippen molar-refractivity contribution in [1.82, 2.24) is 34.7 Å². The minimum absolute atomic E-state index is 0.148. The first-order valence-electron chi connectivity index (χ1n) is 13.7. The standard InChI is InChI=1S/C29H35N7O3/c1-4-5-8-21-17-36(26-22(18(2)3)13-14-25(26)28(37)38)29(39)35(21)16-20-12-11-19(15-30-20)23-9-6-7-10-24(23)27-31-33-34-32-27/h6-7,9-12,15,17-18,22,25-26H,4-5,8,13-14,16H2,1-3H3,(H,37,38)(H,31,32,33,34). The second-order valence-electron chi connectivity index (χ2n) is 10.7. The van der Waals surface area contributed by atoms with Crippen molar-refractivity contribution in [2.75, 3.05) is 0 Å². The maximum absolute atomic E-state index is 13.8. The Balaban J connectivity index is 1.47. The highest BCUT2D eigenvalue weighted by molar-refractivity contribution is 5.79. The van der Waals surface area contributed by atoms with Gasteiger partial charge in [0.15, 0.2) is 0 Å². The number of carboxylic acids is 1. The molecule has 1 aliphatic carbocycles. The summed E-state index contributed by atoms with van der Waals surface area (Å²) in [6.07, 6.45) is 7.83. The van der Waals surface area contributed by atoms with Crippen molar-refractivity contribution in [3.63, 3.8) is 0 Å². The quantitative estimate of drug-likeness (QED) is 0.307. The molecule has 1 aromatic carbocycles. The highest BCUT2D eigenvalue weighted by Crippen LogP contribution is 2.44. The van der Waals surface area contributed by atoms with Crippen LogP contribution >= 0.6 is 0 Å². The van der Waals surface area contributed by atoms with Gasteiger partial charge in [-0.3, -0.25) is 18.9 Å². The van der Waals surface area contributed by atoms with Crippen LogP contribution in [0.2, 0.25) is 0 Å². The molecule has 4 aromatic rings. The first-order valence-corrected chi connectivity index (χ1v) is 13.7. The number of imidazole rings is 1. The van der Waals surface area contributed by atoms with E-state index in [1.807, 2.05) is 42.6 Å². The molecule has 1 fully saturated rings. The van der Waals surface area contributed by atoms with Crippen molar-refractivity contribution >= 4 is 5.97 Å². The summed E-state index contributed by atoms with van der Waals surface area (Å²) in [4.78, 5) is 30.7. The smallest absolute Gasteiger partial charge is 0.328 e. The molecule has 204 valence electrons. The van der Waals surface area contributed by atoms with E-state index in [1.54, 1.807) is 15.3 Å². The van der Waals surface area contributed by atoms with Gasteiger partial charge in [-0.1, -0.05) is 57.5 Å². The summed E-state index contributed by atoms with van der Waals surface area (Å²) in [5.74, 6) is -0.430. The van der Waals surface area contributed by atoms with Crippen LogP contribution in [0, 0.1) is 17.8 Å². The van der Waals surface area contributed by atoms with Crippen LogP contribution in [0.4, 0.5) is 0 Å². The van der Waals surface area contributed by atoms with Gasteiger partial charge in [0.2, 0.25) is 5.82 Å². The van der Waals surface area contributed by atoms with Gasteiger partial charge >= 0.3 is 11.7 Å². The number of aromatic nitrogens is 7. The Bertz CT molecular complexity index is 1470. The van der Waals surface area contributed by atoms with Gasteiger partial charge in [0, 0.05) is 29.2 Å². The van der Waals surface area contributed by atoms with Crippen LogP contribution in [0.3, 0.4) is 0 Å². The van der Waals surface area contributed by atoms with E-state index >= 15 is 0 Å². The van der Waals surface area contributed by atoms with Crippen LogP contribution in [0.5, 0.6) is 0 Å². The molecule has 0 saturated heterocycles. The van der Waals surface area contributed by atoms with Crippen LogP contribution in [0.25, 0.3) is 22.5 Å². The van der Waals surface area contributed by atoms with Crippen LogP contribution in [0.15, 0.2) is 53.6 Å². The van der Waals surface area contributed by atoms with E-state index in [9.17, 15) is 14.7 Å². The highest BCUT2D eigenvalue weighted by atomic mass is 16.4. The largest absolute Gasteiger partial charge is 0.481 e. The summed E-state index contributed by atoms with van der Waals surface area (Å²) in [7, 11) is 0. The van der Waals surface area contributed by atoms with Crippen LogP contribution in [0.1, 0.15) is 63.9 Å². The fourth-order valence-corrected chi connectivity index (χ4v) is 5.94. The third kappa shape index (κ3) is 5.28. The Morgan fingerprint density at radius 2 is 1.95 bits per heavy atom. The molecule has 3 unspecified atom stereocenters. The first kappa shape index (κ1) is 26.5. The van der Waals surface area contributed by atoms with E-state index in [2.05, 4.69) is 41.4 Å². The lowest BCUT2D eigenvalue weighted by atomic mass is 9.88. The summed E-state index contributed by atoms with van der Waals surface area (Å²) >= 11 is 0. The Morgan fingerprint density at radius 3 is 2.59 bits per heavy atom. The van der Waals surface area contributed by atoms with Gasteiger partial charge in [-0.05, 0) is 54.4 Å². The predicted octanol–water partition coefficient (Wildman–Crippen LogP) is 4.59. The Labute approximate surface area is 227 Å². The average Bonchev–Trinajstić information content (AvgIpc) is 3.68. The van der Waals surface area contributed by atoms with Gasteiger partial charge in [-0.15, -0.1) is 10.2 Å². The third-order valence-corrected chi connectivity index (χ3v) is 8.00. The maximum atomic E-state index is 13.8. The summed E-state index contributed by atoms with van der Waals surface area (Å²) in [6, 6.07) is 11.4. The molecule has 0 radical (unpaired) electrons. The number of aryl methyl sites for hydroxylation is 1. The number of nitrogens with zero attached hydrogens (tertiary/aromatic N) is 6. The number of H-pyrrole nitrogens is 1. The molecule has 0 spiro atoms. The number of tetrazole rings is 1. The number of nitrogens with one attached hydrogen (secondary N) is 1. The topological polar surface area (TPSA) is 132 Å². The Kier molecular flexibility index (Phi) is 7.72. The zero-order chi connectivity index (χ0) is 27.5. The lowest BCUT2D eigenvalue weighted by molar-refractivity contribution is -0.143. The predicted molar refractivity (Wildman–Crippen MR) is 147 cm³/mol. The van der Waals surface area contributed by atoms with Crippen molar-refractivity contribution in [1.29, 1.82) is 0 Å². The zero-order valence-electron chi connectivity index (χ0n) is 22.6. The summed E-state index contributed by atoms with van der Waals surface area (Å²) in [5, 5.41) is 24.3. The number of aliphatic carboxylic acids is 1. The van der Waals surface area contributed by atoms with Gasteiger partial charge in [0.1, 0.15) is 0 Å². The molecule has 3 atom stereocenters. The molecule has 10 nitrogen and oxygen atoms in total. The normalized spacial score (nSPS) is 19.1. The second kappa shape index (κ2) is 11.3. The minimum atomic E-state index is -0.823. The zero-order valence-corrected chi connectivity index (χ0v) is 22.6. The van der Waals surface area contributed by atoms with Crippen molar-refractivity contribution < 1.29 is 9.90 Å². The molecular weight excluding hydrogens is 494 g/mol. The highest BCUT2D eigenvalue weighted by Gasteiger charge is 2.43. The van der Waals surface area contributed by atoms with Gasteiger partial charge < -0.3 is 5.11 Å². The molecule has 5 rings (SSSR count). The molecule has 1 saturated carbocycles. The lowest BCUT2D eigenvalue weighted by Crippen LogP contribution is -2.35. The number of pyridine rings is 1. The number of aromatic amines is 1. The molecular formula is C29H35N7O3. The molecule has 39 heavy (non-hydrogen) atoms. The average molecular weight is 530 g/mol. The van der Waals surface area contributed by atoms with Crippen molar-refractivity contribution in [2.45, 2.75) is 65.5 Å². The van der Waals surface area contributed by atoms with E-state index in [0.717, 1.165) is 53.8 Å². The summed E-state index contributed by atoms with van der Waals surface area (Å²) in [5.41, 5.74) is 4.22. The number of benzene rings is 1. The molecule has 0 bridgehead atoms. The molecule has 3 heterocycles. The van der Waals surface area contributed by atoms with Gasteiger partial charge in [-0.2, -0.15) is 5.21 Å². The monoisotopic (exact) mass is 529 g/mol. The summed E-state index contributed by atoms with van der Waals surface area (Å²) < 4.78 is 3.50. The SMILES string of the molecule is CCCCc1cn(C2C(C(=O)O)CCC2C(C)C)c(=O)n1Cc1ccc(-c2ccccc2-c2nn[nH]n2)cn1. The fourth-order valence-electron chi connectivity index (χ4n) is 5.94. The Morgan fingerprint density at radius 1 is 1.15 bits per heavy atom. The van der Waals surface area contributed by atoms with Crippen molar-refractivity contribution in [2.24, 2.45) is 17.8 Å². The number of carbonyl (C=O) groups is 1. The number of hydrogen-bond acceptors (Lipinski definition) is 6. The van der Waals surface area contributed by atoms with E-state index in [1.165, 1.54) is 0 Å². The van der Waals surface area contributed by atoms with Gasteiger partial charge in [0.05, 0.1) is 24.2 Å². The number of carboxylic acid groups (broad SMARTS) is 1. The first-order chi connectivity index (χ1) is 18.9. The lowest BCUT2D eigenvalue weighted by Gasteiger charge is -2.26. The number of rotatable bonds is 10. The van der Waals surface area contributed by atoms with Crippen LogP contribution < -0.4 is 5.69 Å². The Hall–Kier alpha value is -4.08. The van der Waals surface area contributed by atoms with E-state index in [0.29, 0.717) is 24.7 Å². The number of unbranched alkanes of at least 4 members (excludes halogenated alkanes) is 1. The minimum Gasteiger partial charge on any atom is -0.481 e. The van der Waals surface area contributed by atoms with E-state index in [4.69, 9.17) is 4.98 Å².